The first-order valence-electron chi connectivity index (χ1n) is 6.37. The van der Waals surface area contributed by atoms with Crippen LogP contribution in [-0.4, -0.2) is 36.5 Å². The molecule has 1 amide bonds. The molecule has 7 nitrogen and oxygen atoms in total. The number of nitrogens with zero attached hydrogens (tertiary/aromatic N) is 1. The maximum absolute atomic E-state index is 11.9. The molecule has 2 heterocycles. The summed E-state index contributed by atoms with van der Waals surface area (Å²) in [4.78, 5) is 39.2. The third-order valence-corrected chi connectivity index (χ3v) is 4.07. The minimum Gasteiger partial charge on any atom is -0.465 e. The molecule has 126 valence electrons. The Hall–Kier alpha value is -2.16. The van der Waals surface area contributed by atoms with Crippen LogP contribution in [0.15, 0.2) is 23.6 Å². The Bertz CT molecular complexity index is 793. The Morgan fingerprint density at radius 3 is 2.62 bits per heavy atom. The molecule has 1 N–H and O–H groups in total. The van der Waals surface area contributed by atoms with Gasteiger partial charge in [0.1, 0.15) is 15.2 Å². The number of ether oxygens (including phenoxy) is 2. The zero-order valence-corrected chi connectivity index (χ0v) is 14.5. The number of methoxy groups -OCH3 is 1. The normalized spacial score (nSPS) is 10.1. The van der Waals surface area contributed by atoms with Crippen molar-refractivity contribution in [3.8, 4) is 0 Å². The van der Waals surface area contributed by atoms with Crippen LogP contribution in [0.5, 0.6) is 0 Å². The van der Waals surface area contributed by atoms with Gasteiger partial charge in [0.05, 0.1) is 18.4 Å². The number of anilines is 1. The number of carbonyl (C=O) groups is 3. The van der Waals surface area contributed by atoms with Crippen LogP contribution in [0.3, 0.4) is 0 Å². The molecule has 10 heteroatoms. The number of nitrogens with one attached hydrogen (secondary N) is 1. The molecule has 0 bridgehead atoms. The zero-order valence-electron chi connectivity index (χ0n) is 12.2. The molecular weight excluding hydrogens is 379 g/mol. The van der Waals surface area contributed by atoms with Crippen LogP contribution < -0.4 is 5.32 Å². The maximum atomic E-state index is 11.9. The molecule has 0 fully saturated rings. The van der Waals surface area contributed by atoms with Crippen LogP contribution in [0, 0.1) is 0 Å². The first-order valence-corrected chi connectivity index (χ1v) is 8.00. The molecule has 2 rings (SSSR count). The fourth-order valence-electron chi connectivity index (χ4n) is 1.62. The molecule has 0 spiro atoms. The Labute approximate surface area is 150 Å². The smallest absolute Gasteiger partial charge is 0.350 e. The molecule has 0 aromatic carbocycles. The van der Waals surface area contributed by atoms with E-state index >= 15 is 0 Å². The standard InChI is InChI=1S/C14H10Cl2N2O5S/c1-22-14(21)11-8(4-5-24-11)17-10(19)6-23-13(20)7-2-3-9(15)18-12(7)16/h2-5H,6H2,1H3,(H,17,19). The summed E-state index contributed by atoms with van der Waals surface area (Å²) in [5.74, 6) is -2.01. The molecule has 2 aromatic rings. The number of esters is 2. The molecule has 0 aliphatic rings. The summed E-state index contributed by atoms with van der Waals surface area (Å²) in [5, 5.41) is 4.08. The minimum atomic E-state index is -0.821. The number of aromatic nitrogens is 1. The molecule has 2 aromatic heterocycles. The number of halogens is 2. The summed E-state index contributed by atoms with van der Waals surface area (Å²) in [5.41, 5.74) is 0.263. The summed E-state index contributed by atoms with van der Waals surface area (Å²) < 4.78 is 9.45. The van der Waals surface area contributed by atoms with Crippen molar-refractivity contribution in [3.05, 3.63) is 44.3 Å². The molecule has 24 heavy (non-hydrogen) atoms. The van der Waals surface area contributed by atoms with Crippen LogP contribution in [0.2, 0.25) is 10.3 Å². The highest BCUT2D eigenvalue weighted by atomic mass is 35.5. The Kier molecular flexibility index (Phi) is 6.13. The molecule has 0 aliphatic heterocycles. The van der Waals surface area contributed by atoms with Gasteiger partial charge in [-0.3, -0.25) is 4.79 Å². The van der Waals surface area contributed by atoms with E-state index in [1.54, 1.807) is 5.38 Å². The molecule has 0 radical (unpaired) electrons. The van der Waals surface area contributed by atoms with E-state index in [4.69, 9.17) is 27.9 Å². The lowest BCUT2D eigenvalue weighted by atomic mass is 10.3. The third-order valence-electron chi connectivity index (χ3n) is 2.68. The first kappa shape index (κ1) is 18.2. The highest BCUT2D eigenvalue weighted by Crippen LogP contribution is 2.23. The van der Waals surface area contributed by atoms with Crippen LogP contribution in [0.4, 0.5) is 5.69 Å². The van der Waals surface area contributed by atoms with Crippen molar-refractivity contribution in [1.29, 1.82) is 0 Å². The molecule has 0 aliphatic carbocycles. The van der Waals surface area contributed by atoms with Gasteiger partial charge in [-0.1, -0.05) is 23.2 Å². The van der Waals surface area contributed by atoms with Gasteiger partial charge in [0, 0.05) is 0 Å². The minimum absolute atomic E-state index is 0.0142. The van der Waals surface area contributed by atoms with Gasteiger partial charge in [0.25, 0.3) is 5.91 Å². The van der Waals surface area contributed by atoms with Gasteiger partial charge >= 0.3 is 11.9 Å². The van der Waals surface area contributed by atoms with Crippen molar-refractivity contribution < 1.29 is 23.9 Å². The summed E-state index contributed by atoms with van der Waals surface area (Å²) in [6, 6.07) is 4.25. The second-order valence-corrected chi connectivity index (χ2v) is 5.91. The number of thiophene rings is 1. The average Bonchev–Trinajstić information content (AvgIpc) is 3.00. The summed E-state index contributed by atoms with van der Waals surface area (Å²) in [6.07, 6.45) is 0. The first-order chi connectivity index (χ1) is 11.4. The molecule has 0 saturated carbocycles. The lowest BCUT2D eigenvalue weighted by molar-refractivity contribution is -0.119. The molecule has 0 atom stereocenters. The van der Waals surface area contributed by atoms with Gasteiger partial charge in [-0.25, -0.2) is 14.6 Å². The van der Waals surface area contributed by atoms with Gasteiger partial charge in [-0.2, -0.15) is 0 Å². The number of hydrogen-bond donors (Lipinski definition) is 1. The molecule has 0 unspecified atom stereocenters. The summed E-state index contributed by atoms with van der Waals surface area (Å²) in [6.45, 7) is -0.561. The van der Waals surface area contributed by atoms with E-state index in [0.29, 0.717) is 0 Å². The van der Waals surface area contributed by atoms with Gasteiger partial charge < -0.3 is 14.8 Å². The quantitative estimate of drug-likeness (QED) is 0.624. The second-order valence-electron chi connectivity index (χ2n) is 4.25. The number of amides is 1. The van der Waals surface area contributed by atoms with Crippen LogP contribution in [0.1, 0.15) is 20.0 Å². The zero-order chi connectivity index (χ0) is 17.7. The summed E-state index contributed by atoms with van der Waals surface area (Å²) in [7, 11) is 1.24. The average molecular weight is 389 g/mol. The second kappa shape index (κ2) is 8.09. The predicted octanol–water partition coefficient (Wildman–Crippen LogP) is 3.03. The van der Waals surface area contributed by atoms with Crippen molar-refractivity contribution in [3.63, 3.8) is 0 Å². The van der Waals surface area contributed by atoms with Crippen molar-refractivity contribution >= 4 is 58.1 Å². The van der Waals surface area contributed by atoms with E-state index in [-0.39, 0.29) is 26.4 Å². The molecule has 0 saturated heterocycles. The van der Waals surface area contributed by atoms with Crippen molar-refractivity contribution in [2.75, 3.05) is 19.0 Å². The number of hydrogen-bond acceptors (Lipinski definition) is 7. The van der Waals surface area contributed by atoms with Gasteiger partial charge in [0.2, 0.25) is 0 Å². The van der Waals surface area contributed by atoms with Gasteiger partial charge in [-0.15, -0.1) is 11.3 Å². The van der Waals surface area contributed by atoms with E-state index in [2.05, 4.69) is 15.0 Å². The van der Waals surface area contributed by atoms with E-state index in [1.165, 1.54) is 25.3 Å². The van der Waals surface area contributed by atoms with E-state index in [0.717, 1.165) is 11.3 Å². The third kappa shape index (κ3) is 4.44. The topological polar surface area (TPSA) is 94.6 Å². The van der Waals surface area contributed by atoms with Crippen LogP contribution >= 0.6 is 34.5 Å². The van der Waals surface area contributed by atoms with Crippen LogP contribution in [0.25, 0.3) is 0 Å². The Morgan fingerprint density at radius 2 is 1.96 bits per heavy atom. The van der Waals surface area contributed by atoms with Gasteiger partial charge in [-0.05, 0) is 23.6 Å². The highest BCUT2D eigenvalue weighted by molar-refractivity contribution is 7.12. The van der Waals surface area contributed by atoms with E-state index in [9.17, 15) is 14.4 Å². The Morgan fingerprint density at radius 1 is 1.21 bits per heavy atom. The van der Waals surface area contributed by atoms with Crippen LogP contribution in [-0.2, 0) is 14.3 Å². The van der Waals surface area contributed by atoms with E-state index < -0.39 is 24.5 Å². The Balaban J connectivity index is 1.95. The summed E-state index contributed by atoms with van der Waals surface area (Å²) >= 11 is 12.5. The highest BCUT2D eigenvalue weighted by Gasteiger charge is 2.18. The van der Waals surface area contributed by atoms with Crippen molar-refractivity contribution in [1.82, 2.24) is 4.98 Å². The van der Waals surface area contributed by atoms with Gasteiger partial charge in [0.15, 0.2) is 6.61 Å². The predicted molar refractivity (Wildman–Crippen MR) is 88.8 cm³/mol. The number of carbonyl (C=O) groups excluding carboxylic acids is 3. The maximum Gasteiger partial charge on any atom is 0.350 e. The van der Waals surface area contributed by atoms with E-state index in [1.807, 2.05) is 0 Å². The fraction of sp³-hybridized carbons (Fsp3) is 0.143. The van der Waals surface area contributed by atoms with Crippen molar-refractivity contribution in [2.24, 2.45) is 0 Å². The van der Waals surface area contributed by atoms with Crippen molar-refractivity contribution in [2.45, 2.75) is 0 Å². The molecular formula is C14H10Cl2N2O5S. The SMILES string of the molecule is COC(=O)c1sccc1NC(=O)COC(=O)c1ccc(Cl)nc1Cl. The number of pyridine rings is 1. The lowest BCUT2D eigenvalue weighted by Gasteiger charge is -2.07. The lowest BCUT2D eigenvalue weighted by Crippen LogP contribution is -2.22. The largest absolute Gasteiger partial charge is 0.465 e. The number of rotatable bonds is 5. The fourth-order valence-corrected chi connectivity index (χ4v) is 2.81. The monoisotopic (exact) mass is 388 g/mol.